The third-order valence-corrected chi connectivity index (χ3v) is 6.21. The molecule has 6 heteroatoms. The van der Waals surface area contributed by atoms with Crippen LogP contribution in [0.15, 0.2) is 72.8 Å². The summed E-state index contributed by atoms with van der Waals surface area (Å²) in [6.07, 6.45) is 4.02. The van der Waals surface area contributed by atoms with Crippen molar-refractivity contribution in [2.45, 2.75) is 51.1 Å². The largest absolute Gasteiger partial charge is 0.496 e. The quantitative estimate of drug-likeness (QED) is 0.290. The highest BCUT2D eigenvalue weighted by Gasteiger charge is 2.33. The van der Waals surface area contributed by atoms with Crippen molar-refractivity contribution >= 4 is 11.9 Å². The van der Waals surface area contributed by atoms with E-state index in [1.165, 1.54) is 0 Å². The van der Waals surface area contributed by atoms with Crippen LogP contribution in [-0.4, -0.2) is 41.6 Å². The first-order valence-corrected chi connectivity index (χ1v) is 12.4. The molecule has 0 saturated heterocycles. The zero-order valence-corrected chi connectivity index (χ0v) is 20.6. The van der Waals surface area contributed by atoms with E-state index in [1.54, 1.807) is 12.0 Å². The molecule has 0 bridgehead atoms. The van der Waals surface area contributed by atoms with E-state index in [-0.39, 0.29) is 18.4 Å². The van der Waals surface area contributed by atoms with Crippen LogP contribution in [0.3, 0.4) is 0 Å². The number of ether oxygens (including phenoxy) is 2. The molecule has 0 radical (unpaired) electrons. The van der Waals surface area contributed by atoms with Crippen LogP contribution in [0, 0.1) is 0 Å². The molecule has 0 aliphatic heterocycles. The smallest absolute Gasteiger partial charge is 0.303 e. The Labute approximate surface area is 213 Å². The Kier molecular flexibility index (Phi) is 8.14. The first-order valence-electron chi connectivity index (χ1n) is 13.0. The topological polar surface area (TPSA) is 76.1 Å². The molecule has 0 aromatic heterocycles. The third kappa shape index (κ3) is 6.66. The molecule has 1 amide bonds. The maximum Gasteiger partial charge on any atom is 0.303 e. The number of unbranched alkanes of at least 4 members (excludes halogenated alkanes) is 2. The van der Waals surface area contributed by atoms with Crippen molar-refractivity contribution in [3.63, 3.8) is 0 Å². The first kappa shape index (κ1) is 23.9. The molecule has 1 fully saturated rings. The molecule has 1 saturated carbocycles. The fourth-order valence-electron chi connectivity index (χ4n) is 4.11. The summed E-state index contributed by atoms with van der Waals surface area (Å²) in [5.41, 5.74) is 3.10. The maximum absolute atomic E-state index is 13.6. The summed E-state index contributed by atoms with van der Waals surface area (Å²) in [4.78, 5) is 25.9. The second-order valence-electron chi connectivity index (χ2n) is 8.94. The molecule has 1 N–H and O–H groups in total. The second kappa shape index (κ2) is 12.2. The Balaban J connectivity index is 1.47. The van der Waals surface area contributed by atoms with Gasteiger partial charge in [-0.3, -0.25) is 9.59 Å². The van der Waals surface area contributed by atoms with E-state index in [2.05, 4.69) is 0 Å². The average Bonchev–Trinajstić information content (AvgIpc) is 3.76. The lowest BCUT2D eigenvalue weighted by Gasteiger charge is -2.24. The van der Waals surface area contributed by atoms with E-state index in [1.807, 2.05) is 72.8 Å². The highest BCUT2D eigenvalue weighted by molar-refractivity contribution is 5.95. The van der Waals surface area contributed by atoms with Gasteiger partial charge in [-0.05, 0) is 61.9 Å². The third-order valence-electron chi connectivity index (χ3n) is 6.21. The van der Waals surface area contributed by atoms with E-state index in [4.69, 9.17) is 16.0 Å². The number of aliphatic carboxylic acids is 1. The van der Waals surface area contributed by atoms with Gasteiger partial charge in [0.25, 0.3) is 5.91 Å². The van der Waals surface area contributed by atoms with Gasteiger partial charge in [0.1, 0.15) is 11.5 Å². The van der Waals surface area contributed by atoms with Gasteiger partial charge in [0.15, 0.2) is 0 Å². The lowest BCUT2D eigenvalue weighted by Crippen LogP contribution is -2.32. The minimum absolute atomic E-state index is 0.0352. The van der Waals surface area contributed by atoms with Gasteiger partial charge >= 0.3 is 5.97 Å². The lowest BCUT2D eigenvalue weighted by molar-refractivity contribution is -0.137. The molecule has 36 heavy (non-hydrogen) atoms. The number of rotatable bonds is 13. The molecule has 1 atom stereocenters. The van der Waals surface area contributed by atoms with Crippen LogP contribution in [0.5, 0.6) is 11.5 Å². The molecule has 0 spiro atoms. The number of nitrogens with zero attached hydrogens (tertiary/aromatic N) is 1. The van der Waals surface area contributed by atoms with Crippen molar-refractivity contribution in [3.8, 4) is 22.6 Å². The van der Waals surface area contributed by atoms with Crippen molar-refractivity contribution < 1.29 is 25.5 Å². The summed E-state index contributed by atoms with van der Waals surface area (Å²) < 4.78 is 20.5. The van der Waals surface area contributed by atoms with Crippen LogP contribution in [-0.2, 0) is 11.3 Å². The number of carbonyl (C=O) groups is 2. The summed E-state index contributed by atoms with van der Waals surface area (Å²) >= 11 is 0. The summed E-state index contributed by atoms with van der Waals surface area (Å²) in [7, 11) is 1.64. The maximum atomic E-state index is 13.6. The van der Waals surface area contributed by atoms with Gasteiger partial charge in [0.2, 0.25) is 0 Å². The number of amides is 1. The van der Waals surface area contributed by atoms with Gasteiger partial charge in [-0.1, -0.05) is 48.5 Å². The Morgan fingerprint density at radius 2 is 1.64 bits per heavy atom. The number of carbonyl (C=O) groups excluding carboxylic acids is 1. The highest BCUT2D eigenvalue weighted by atomic mass is 16.5. The van der Waals surface area contributed by atoms with Gasteiger partial charge in [-0.25, -0.2) is 0 Å². The Morgan fingerprint density at radius 3 is 2.33 bits per heavy atom. The van der Waals surface area contributed by atoms with Gasteiger partial charge in [-0.15, -0.1) is 0 Å². The van der Waals surface area contributed by atoms with Gasteiger partial charge in [0.05, 0.1) is 15.1 Å². The molecule has 188 valence electrons. The SMILES string of the molecule is [2H]C(c1ccccc1OCCCCCC(=O)O)N(C(=O)c1ccc(-c2ccccc2OC)cc1)C1CC1. The molecule has 3 aromatic carbocycles. The fraction of sp³-hybridized carbons (Fsp3) is 0.333. The van der Waals surface area contributed by atoms with E-state index < -0.39 is 12.5 Å². The van der Waals surface area contributed by atoms with Gasteiger partial charge < -0.3 is 19.5 Å². The first-order chi connectivity index (χ1) is 18.0. The number of carboxylic acids is 1. The van der Waals surface area contributed by atoms with Gasteiger partial charge in [0, 0.05) is 35.7 Å². The highest BCUT2D eigenvalue weighted by Crippen LogP contribution is 2.33. The molecule has 6 nitrogen and oxygen atoms in total. The molecular weight excluding hydrogens is 454 g/mol. The summed E-state index contributed by atoms with van der Waals surface area (Å²) in [5.74, 6) is 0.400. The lowest BCUT2D eigenvalue weighted by atomic mass is 10.0. The van der Waals surface area contributed by atoms with Crippen LogP contribution >= 0.6 is 0 Å². The molecule has 1 aliphatic carbocycles. The predicted octanol–water partition coefficient (Wildman–Crippen LogP) is 6.19. The standard InChI is InChI=1S/C30H33NO5/c1-35-28-12-7-5-10-26(28)22-14-16-23(17-15-22)30(34)31(25-18-19-25)21-24-9-4-6-11-27(24)36-20-8-2-3-13-29(32)33/h4-7,9-12,14-17,25H,2-3,8,13,18-21H2,1H3,(H,32,33)/i21D. The number of carboxylic acid groups (broad SMARTS) is 1. The van der Waals surface area contributed by atoms with Crippen LogP contribution in [0.4, 0.5) is 0 Å². The van der Waals surface area contributed by atoms with Crippen LogP contribution < -0.4 is 9.47 Å². The van der Waals surface area contributed by atoms with E-state index in [0.29, 0.717) is 29.9 Å². The Bertz CT molecular complexity index is 1210. The molecule has 4 rings (SSSR count). The summed E-state index contributed by atoms with van der Waals surface area (Å²) in [6.45, 7) is -0.456. The number of methoxy groups -OCH3 is 1. The average molecular weight is 489 g/mol. The number of benzene rings is 3. The zero-order chi connectivity index (χ0) is 26.2. The molecule has 0 heterocycles. The normalized spacial score (nSPS) is 14.0. The Morgan fingerprint density at radius 1 is 0.944 bits per heavy atom. The van der Waals surface area contributed by atoms with Crippen molar-refractivity contribution in [2.75, 3.05) is 13.7 Å². The summed E-state index contributed by atoms with van der Waals surface area (Å²) in [6, 6.07) is 22.6. The molecule has 3 aromatic rings. The predicted molar refractivity (Wildman–Crippen MR) is 139 cm³/mol. The number of hydrogen-bond donors (Lipinski definition) is 1. The van der Waals surface area contributed by atoms with Crippen molar-refractivity contribution in [1.29, 1.82) is 0 Å². The van der Waals surface area contributed by atoms with Crippen molar-refractivity contribution in [3.05, 3.63) is 83.9 Å². The molecule has 1 unspecified atom stereocenters. The molecule has 1 aliphatic rings. The number of hydrogen-bond acceptors (Lipinski definition) is 4. The van der Waals surface area contributed by atoms with Crippen molar-refractivity contribution in [2.24, 2.45) is 0 Å². The van der Waals surface area contributed by atoms with E-state index in [0.717, 1.165) is 42.6 Å². The van der Waals surface area contributed by atoms with Gasteiger partial charge in [-0.2, -0.15) is 0 Å². The van der Waals surface area contributed by atoms with E-state index in [9.17, 15) is 9.59 Å². The second-order valence-corrected chi connectivity index (χ2v) is 8.94. The monoisotopic (exact) mass is 488 g/mol. The van der Waals surface area contributed by atoms with Crippen molar-refractivity contribution in [1.82, 2.24) is 4.90 Å². The minimum Gasteiger partial charge on any atom is -0.496 e. The minimum atomic E-state index is -0.892. The Hall–Kier alpha value is -3.80. The summed E-state index contributed by atoms with van der Waals surface area (Å²) in [5, 5.41) is 8.77. The van der Waals surface area contributed by atoms with E-state index >= 15 is 0 Å². The fourth-order valence-corrected chi connectivity index (χ4v) is 4.11. The molecular formula is C30H33NO5. The van der Waals surface area contributed by atoms with Crippen LogP contribution in [0.2, 0.25) is 0 Å². The number of para-hydroxylation sites is 2. The van der Waals surface area contributed by atoms with Crippen LogP contribution in [0.1, 0.15) is 55.8 Å². The zero-order valence-electron chi connectivity index (χ0n) is 21.6. The van der Waals surface area contributed by atoms with Crippen LogP contribution in [0.25, 0.3) is 11.1 Å².